The van der Waals surface area contributed by atoms with Crippen molar-refractivity contribution < 1.29 is 4.79 Å². The molecule has 0 unspecified atom stereocenters. The molecule has 0 radical (unpaired) electrons. The number of carbonyl (C=O) groups is 1. The predicted octanol–water partition coefficient (Wildman–Crippen LogP) is 6.44. The van der Waals surface area contributed by atoms with Gasteiger partial charge in [0.15, 0.2) is 5.13 Å². The Balaban J connectivity index is 1.87. The van der Waals surface area contributed by atoms with Gasteiger partial charge in [-0.25, -0.2) is 9.97 Å². The third kappa shape index (κ3) is 4.63. The van der Waals surface area contributed by atoms with Crippen LogP contribution in [0.4, 0.5) is 10.8 Å². The van der Waals surface area contributed by atoms with Crippen molar-refractivity contribution in [2.75, 3.05) is 4.90 Å². The van der Waals surface area contributed by atoms with Crippen molar-refractivity contribution in [3.63, 3.8) is 0 Å². The van der Waals surface area contributed by atoms with E-state index in [1.54, 1.807) is 17.2 Å². The lowest BCUT2D eigenvalue weighted by atomic mass is 10.1. The van der Waals surface area contributed by atoms with Crippen molar-refractivity contribution in [3.8, 4) is 0 Å². The quantitative estimate of drug-likeness (QED) is 0.430. The molecule has 0 aliphatic carbocycles. The number of anilines is 2. The lowest BCUT2D eigenvalue weighted by molar-refractivity contribution is -0.115. The van der Waals surface area contributed by atoms with E-state index < -0.39 is 0 Å². The van der Waals surface area contributed by atoms with Crippen molar-refractivity contribution >= 4 is 63.0 Å². The van der Waals surface area contributed by atoms with Gasteiger partial charge in [0, 0.05) is 24.3 Å². The zero-order valence-electron chi connectivity index (χ0n) is 15.0. The summed E-state index contributed by atoms with van der Waals surface area (Å²) in [6.07, 6.45) is 1.71. The standard InChI is InChI=1S/C19H17Cl2N3OS2/c1-11-7-12(2)17(16(21)8-11)24(13(3)25)19-23-14(10-27-19)9-26-18-15(20)5-4-6-22-18/h4-8,10H,9H2,1-3H3. The van der Waals surface area contributed by atoms with E-state index in [1.165, 1.54) is 30.0 Å². The summed E-state index contributed by atoms with van der Waals surface area (Å²) < 4.78 is 0. The molecular weight excluding hydrogens is 421 g/mol. The summed E-state index contributed by atoms with van der Waals surface area (Å²) in [5.41, 5.74) is 3.51. The smallest absolute Gasteiger partial charge is 0.230 e. The van der Waals surface area contributed by atoms with Crippen molar-refractivity contribution in [3.05, 3.63) is 62.7 Å². The van der Waals surface area contributed by atoms with E-state index in [2.05, 4.69) is 9.97 Å². The SMILES string of the molecule is CC(=O)N(c1nc(CSc2ncccc2Cl)cs1)c1c(C)cc(C)cc1Cl. The molecule has 0 atom stereocenters. The van der Waals surface area contributed by atoms with Crippen LogP contribution in [-0.4, -0.2) is 15.9 Å². The molecule has 0 saturated carbocycles. The van der Waals surface area contributed by atoms with Crippen LogP contribution in [0.25, 0.3) is 0 Å². The van der Waals surface area contributed by atoms with Crippen molar-refractivity contribution in [1.82, 2.24) is 9.97 Å². The third-order valence-electron chi connectivity index (χ3n) is 3.75. The minimum atomic E-state index is -0.134. The van der Waals surface area contributed by atoms with Crippen LogP contribution in [0.5, 0.6) is 0 Å². The lowest BCUT2D eigenvalue weighted by Crippen LogP contribution is -2.24. The summed E-state index contributed by atoms with van der Waals surface area (Å²) in [4.78, 5) is 22.8. The maximum absolute atomic E-state index is 12.4. The molecule has 2 heterocycles. The van der Waals surface area contributed by atoms with Gasteiger partial charge in [-0.05, 0) is 43.2 Å². The van der Waals surface area contributed by atoms with Crippen molar-refractivity contribution in [2.24, 2.45) is 0 Å². The molecule has 3 rings (SSSR count). The Hall–Kier alpha value is -1.60. The minimum absolute atomic E-state index is 0.134. The molecule has 27 heavy (non-hydrogen) atoms. The molecule has 0 saturated heterocycles. The number of aryl methyl sites for hydroxylation is 2. The van der Waals surface area contributed by atoms with Gasteiger partial charge in [0.05, 0.1) is 21.4 Å². The zero-order chi connectivity index (χ0) is 19.6. The molecular formula is C19H17Cl2N3OS2. The summed E-state index contributed by atoms with van der Waals surface area (Å²) in [5, 5.41) is 4.44. The normalized spacial score (nSPS) is 10.9. The molecule has 1 aromatic carbocycles. The van der Waals surface area contributed by atoms with Gasteiger partial charge in [0.1, 0.15) is 5.03 Å². The van der Waals surface area contributed by atoms with Gasteiger partial charge in [-0.15, -0.1) is 11.3 Å². The van der Waals surface area contributed by atoms with Crippen LogP contribution in [0.3, 0.4) is 0 Å². The Morgan fingerprint density at radius 2 is 2.04 bits per heavy atom. The maximum atomic E-state index is 12.4. The molecule has 3 aromatic rings. The second kappa shape index (κ2) is 8.61. The van der Waals surface area contributed by atoms with E-state index in [4.69, 9.17) is 23.2 Å². The highest BCUT2D eigenvalue weighted by molar-refractivity contribution is 7.98. The summed E-state index contributed by atoms with van der Waals surface area (Å²) in [7, 11) is 0. The first-order valence-corrected chi connectivity index (χ1v) is 10.7. The number of rotatable bonds is 5. The molecule has 0 spiro atoms. The van der Waals surface area contributed by atoms with Crippen LogP contribution in [0, 0.1) is 13.8 Å². The summed E-state index contributed by atoms with van der Waals surface area (Å²) >= 11 is 15.5. The number of nitrogens with zero attached hydrogens (tertiary/aromatic N) is 3. The molecule has 4 nitrogen and oxygen atoms in total. The second-order valence-corrected chi connectivity index (χ2v) is 8.58. The average molecular weight is 438 g/mol. The number of benzene rings is 1. The molecule has 8 heteroatoms. The van der Waals surface area contributed by atoms with E-state index >= 15 is 0 Å². The summed E-state index contributed by atoms with van der Waals surface area (Å²) in [6.45, 7) is 5.43. The Kier molecular flexibility index (Phi) is 6.42. The summed E-state index contributed by atoms with van der Waals surface area (Å²) in [6, 6.07) is 7.46. The number of hydrogen-bond donors (Lipinski definition) is 0. The predicted molar refractivity (Wildman–Crippen MR) is 115 cm³/mol. The Morgan fingerprint density at radius 3 is 2.70 bits per heavy atom. The van der Waals surface area contributed by atoms with Crippen LogP contribution < -0.4 is 4.90 Å². The topological polar surface area (TPSA) is 46.1 Å². The van der Waals surface area contributed by atoms with Gasteiger partial charge < -0.3 is 0 Å². The highest BCUT2D eigenvalue weighted by atomic mass is 35.5. The first-order chi connectivity index (χ1) is 12.9. The molecule has 0 N–H and O–H groups in total. The number of thiazole rings is 1. The molecule has 0 aliphatic rings. The van der Waals surface area contributed by atoms with Gasteiger partial charge in [-0.3, -0.25) is 9.69 Å². The van der Waals surface area contributed by atoms with E-state index in [0.717, 1.165) is 21.8 Å². The number of halogens is 2. The Morgan fingerprint density at radius 1 is 1.26 bits per heavy atom. The fourth-order valence-corrected chi connectivity index (χ4v) is 5.11. The third-order valence-corrected chi connectivity index (χ3v) is 6.37. The number of amides is 1. The summed E-state index contributed by atoms with van der Waals surface area (Å²) in [5.74, 6) is 0.477. The highest BCUT2D eigenvalue weighted by Crippen LogP contribution is 2.38. The van der Waals surface area contributed by atoms with Gasteiger partial charge in [0.25, 0.3) is 0 Å². The van der Waals surface area contributed by atoms with Crippen LogP contribution in [-0.2, 0) is 10.5 Å². The maximum Gasteiger partial charge on any atom is 0.230 e. The van der Waals surface area contributed by atoms with Crippen LogP contribution in [0.15, 0.2) is 40.9 Å². The van der Waals surface area contributed by atoms with Crippen LogP contribution in [0.2, 0.25) is 10.0 Å². The van der Waals surface area contributed by atoms with Crippen molar-refractivity contribution in [1.29, 1.82) is 0 Å². The number of aromatic nitrogens is 2. The Bertz CT molecular complexity index is 968. The fraction of sp³-hybridized carbons (Fsp3) is 0.211. The molecule has 0 bridgehead atoms. The largest absolute Gasteiger partial charge is 0.274 e. The molecule has 1 amide bonds. The number of hydrogen-bond acceptors (Lipinski definition) is 5. The minimum Gasteiger partial charge on any atom is -0.274 e. The average Bonchev–Trinajstić information content (AvgIpc) is 3.05. The highest BCUT2D eigenvalue weighted by Gasteiger charge is 2.22. The monoisotopic (exact) mass is 437 g/mol. The van der Waals surface area contributed by atoms with Gasteiger partial charge in [-0.1, -0.05) is 41.0 Å². The molecule has 0 fully saturated rings. The molecule has 0 aliphatic heterocycles. The van der Waals surface area contributed by atoms with E-state index in [0.29, 0.717) is 26.6 Å². The zero-order valence-corrected chi connectivity index (χ0v) is 18.1. The lowest BCUT2D eigenvalue weighted by Gasteiger charge is -2.22. The number of thioether (sulfide) groups is 1. The first-order valence-electron chi connectivity index (χ1n) is 8.12. The van der Waals surface area contributed by atoms with E-state index in [9.17, 15) is 4.79 Å². The van der Waals surface area contributed by atoms with E-state index in [1.807, 2.05) is 37.4 Å². The van der Waals surface area contributed by atoms with Gasteiger partial charge >= 0.3 is 0 Å². The van der Waals surface area contributed by atoms with E-state index in [-0.39, 0.29) is 5.91 Å². The number of carbonyl (C=O) groups excluding carboxylic acids is 1. The van der Waals surface area contributed by atoms with Gasteiger partial charge in [0.2, 0.25) is 5.91 Å². The fourth-order valence-electron chi connectivity index (χ4n) is 2.66. The first kappa shape index (κ1) is 20.1. The molecule has 140 valence electrons. The second-order valence-electron chi connectivity index (χ2n) is 5.97. The van der Waals surface area contributed by atoms with Crippen LogP contribution in [0.1, 0.15) is 23.7 Å². The van der Waals surface area contributed by atoms with Gasteiger partial charge in [-0.2, -0.15) is 0 Å². The molecule has 2 aromatic heterocycles. The Labute approximate surface area is 176 Å². The van der Waals surface area contributed by atoms with Crippen LogP contribution >= 0.6 is 46.3 Å². The number of pyridine rings is 1. The van der Waals surface area contributed by atoms with Crippen molar-refractivity contribution in [2.45, 2.75) is 31.6 Å².